The van der Waals surface area contributed by atoms with Crippen LogP contribution in [-0.2, 0) is 20.1 Å². The Hall–Kier alpha value is -1.77. The smallest absolute Gasteiger partial charge is 0.191 e. The molecule has 2 aromatic rings. The number of benzene rings is 1. The van der Waals surface area contributed by atoms with Gasteiger partial charge in [0.2, 0.25) is 0 Å². The first-order valence-corrected chi connectivity index (χ1v) is 9.99. The Morgan fingerprint density at radius 3 is 2.75 bits per heavy atom. The standard InChI is InChI=1S/C21H31N5O.HI/c1-3-22-21(24-16-18-12-13-25-26(18)2)23-15-17-8-7-11-20(14-17)27-19-9-5-4-6-10-19;/h7-8,11-14,19H,3-6,9-10,15-16H2,1-2H3,(H2,22,23,24);1H. The topological polar surface area (TPSA) is 63.5 Å². The lowest BCUT2D eigenvalue weighted by molar-refractivity contribution is 0.155. The zero-order valence-electron chi connectivity index (χ0n) is 16.9. The minimum absolute atomic E-state index is 0. The number of halogens is 1. The highest BCUT2D eigenvalue weighted by molar-refractivity contribution is 14.0. The summed E-state index contributed by atoms with van der Waals surface area (Å²) in [7, 11) is 1.94. The van der Waals surface area contributed by atoms with Gasteiger partial charge in [-0.2, -0.15) is 5.10 Å². The third-order valence-corrected chi connectivity index (χ3v) is 4.88. The molecule has 0 unspecified atom stereocenters. The van der Waals surface area contributed by atoms with E-state index in [4.69, 9.17) is 9.73 Å². The molecule has 154 valence electrons. The number of ether oxygens (including phenoxy) is 1. The van der Waals surface area contributed by atoms with Crippen LogP contribution in [0, 0.1) is 0 Å². The average Bonchev–Trinajstić information content (AvgIpc) is 3.10. The van der Waals surface area contributed by atoms with Gasteiger partial charge in [0, 0.05) is 19.8 Å². The number of hydrogen-bond acceptors (Lipinski definition) is 3. The van der Waals surface area contributed by atoms with Crippen LogP contribution in [0.2, 0.25) is 0 Å². The summed E-state index contributed by atoms with van der Waals surface area (Å²) in [6.45, 7) is 4.19. The second kappa shape index (κ2) is 11.9. The van der Waals surface area contributed by atoms with Crippen LogP contribution >= 0.6 is 24.0 Å². The van der Waals surface area contributed by atoms with Crippen LogP contribution in [-0.4, -0.2) is 28.4 Å². The molecular weight excluding hydrogens is 465 g/mol. The van der Waals surface area contributed by atoms with Crippen molar-refractivity contribution in [2.45, 2.75) is 58.2 Å². The number of rotatable bonds is 7. The first-order chi connectivity index (χ1) is 13.2. The van der Waals surface area contributed by atoms with Gasteiger partial charge in [-0.1, -0.05) is 18.6 Å². The van der Waals surface area contributed by atoms with Crippen molar-refractivity contribution in [1.82, 2.24) is 20.4 Å². The molecular formula is C21H32IN5O. The summed E-state index contributed by atoms with van der Waals surface area (Å²) < 4.78 is 8.03. The molecule has 1 fully saturated rings. The van der Waals surface area contributed by atoms with E-state index in [0.717, 1.165) is 29.5 Å². The summed E-state index contributed by atoms with van der Waals surface area (Å²) in [6, 6.07) is 10.3. The van der Waals surface area contributed by atoms with Crippen LogP contribution in [0.1, 0.15) is 50.3 Å². The van der Waals surface area contributed by atoms with E-state index >= 15 is 0 Å². The largest absolute Gasteiger partial charge is 0.490 e. The molecule has 1 aliphatic rings. The Labute approximate surface area is 185 Å². The monoisotopic (exact) mass is 497 g/mol. The fraction of sp³-hybridized carbons (Fsp3) is 0.524. The van der Waals surface area contributed by atoms with Gasteiger partial charge in [0.25, 0.3) is 0 Å². The maximum absolute atomic E-state index is 6.17. The van der Waals surface area contributed by atoms with Crippen LogP contribution in [0.4, 0.5) is 0 Å². The van der Waals surface area contributed by atoms with Crippen molar-refractivity contribution in [3.8, 4) is 5.75 Å². The normalized spacial score (nSPS) is 15.0. The van der Waals surface area contributed by atoms with Gasteiger partial charge in [-0.05, 0) is 56.4 Å². The number of nitrogens with zero attached hydrogens (tertiary/aromatic N) is 3. The summed E-state index contributed by atoms with van der Waals surface area (Å²) in [6.07, 6.45) is 8.42. The molecule has 6 nitrogen and oxygen atoms in total. The van der Waals surface area contributed by atoms with Crippen molar-refractivity contribution < 1.29 is 4.74 Å². The van der Waals surface area contributed by atoms with Crippen molar-refractivity contribution >= 4 is 29.9 Å². The number of aromatic nitrogens is 2. The molecule has 7 heteroatoms. The highest BCUT2D eigenvalue weighted by Gasteiger charge is 2.14. The Kier molecular flexibility index (Phi) is 9.60. The summed E-state index contributed by atoms with van der Waals surface area (Å²) in [5.74, 6) is 1.76. The minimum Gasteiger partial charge on any atom is -0.490 e. The fourth-order valence-electron chi connectivity index (χ4n) is 3.35. The van der Waals surface area contributed by atoms with Crippen LogP contribution in [0.25, 0.3) is 0 Å². The van der Waals surface area contributed by atoms with Crippen LogP contribution in [0.3, 0.4) is 0 Å². The van der Waals surface area contributed by atoms with Crippen LogP contribution in [0.5, 0.6) is 5.75 Å². The molecule has 1 aliphatic carbocycles. The summed E-state index contributed by atoms with van der Waals surface area (Å²) in [5, 5.41) is 10.8. The van der Waals surface area contributed by atoms with Gasteiger partial charge in [0.1, 0.15) is 5.75 Å². The van der Waals surface area contributed by atoms with E-state index in [-0.39, 0.29) is 24.0 Å². The molecule has 0 saturated heterocycles. The quantitative estimate of drug-likeness (QED) is 0.345. The maximum atomic E-state index is 6.17. The van der Waals surface area contributed by atoms with Crippen molar-refractivity contribution in [1.29, 1.82) is 0 Å². The van der Waals surface area contributed by atoms with E-state index in [1.54, 1.807) is 6.20 Å². The highest BCUT2D eigenvalue weighted by Crippen LogP contribution is 2.24. The van der Waals surface area contributed by atoms with Gasteiger partial charge in [-0.15, -0.1) is 24.0 Å². The Morgan fingerprint density at radius 1 is 1.21 bits per heavy atom. The average molecular weight is 497 g/mol. The molecule has 2 N–H and O–H groups in total. The fourth-order valence-corrected chi connectivity index (χ4v) is 3.35. The number of guanidine groups is 1. The number of nitrogens with one attached hydrogen (secondary N) is 2. The first kappa shape index (κ1) is 22.5. The molecule has 1 aromatic carbocycles. The Morgan fingerprint density at radius 2 is 2.04 bits per heavy atom. The van der Waals surface area contributed by atoms with E-state index in [1.165, 1.54) is 32.1 Å². The Balaban J connectivity index is 0.00000280. The molecule has 0 radical (unpaired) electrons. The number of aryl methyl sites for hydroxylation is 1. The zero-order chi connectivity index (χ0) is 18.9. The highest BCUT2D eigenvalue weighted by atomic mass is 127. The van der Waals surface area contributed by atoms with Crippen LogP contribution in [0.15, 0.2) is 41.5 Å². The van der Waals surface area contributed by atoms with Gasteiger partial charge in [0.15, 0.2) is 5.96 Å². The van der Waals surface area contributed by atoms with Gasteiger partial charge in [-0.3, -0.25) is 4.68 Å². The van der Waals surface area contributed by atoms with Crippen molar-refractivity contribution in [3.63, 3.8) is 0 Å². The van der Waals surface area contributed by atoms with Crippen molar-refractivity contribution in [2.24, 2.45) is 12.0 Å². The maximum Gasteiger partial charge on any atom is 0.191 e. The Bertz CT molecular complexity index is 740. The van der Waals surface area contributed by atoms with E-state index in [0.29, 0.717) is 19.2 Å². The van der Waals surface area contributed by atoms with Crippen molar-refractivity contribution in [3.05, 3.63) is 47.8 Å². The van der Waals surface area contributed by atoms with Gasteiger partial charge in [-0.25, -0.2) is 4.99 Å². The van der Waals surface area contributed by atoms with E-state index in [2.05, 4.69) is 40.9 Å². The molecule has 3 rings (SSSR count). The molecule has 28 heavy (non-hydrogen) atoms. The second-order valence-corrected chi connectivity index (χ2v) is 7.02. The lowest BCUT2D eigenvalue weighted by atomic mass is 9.98. The number of hydrogen-bond donors (Lipinski definition) is 2. The predicted molar refractivity (Wildman–Crippen MR) is 124 cm³/mol. The molecule has 0 aliphatic heterocycles. The van der Waals surface area contributed by atoms with E-state index in [1.807, 2.05) is 23.9 Å². The minimum atomic E-state index is 0. The molecule has 1 heterocycles. The predicted octanol–water partition coefficient (Wildman–Crippen LogP) is 4.00. The molecule has 0 amide bonds. The van der Waals surface area contributed by atoms with Crippen LogP contribution < -0.4 is 15.4 Å². The third kappa shape index (κ3) is 7.00. The van der Waals surface area contributed by atoms with Gasteiger partial charge >= 0.3 is 0 Å². The zero-order valence-corrected chi connectivity index (χ0v) is 19.2. The lowest BCUT2D eigenvalue weighted by Crippen LogP contribution is -2.37. The molecule has 1 saturated carbocycles. The lowest BCUT2D eigenvalue weighted by Gasteiger charge is -2.23. The summed E-state index contributed by atoms with van der Waals surface area (Å²) >= 11 is 0. The van der Waals surface area contributed by atoms with Crippen molar-refractivity contribution in [2.75, 3.05) is 6.54 Å². The first-order valence-electron chi connectivity index (χ1n) is 9.99. The summed E-state index contributed by atoms with van der Waals surface area (Å²) in [4.78, 5) is 4.71. The van der Waals surface area contributed by atoms with E-state index in [9.17, 15) is 0 Å². The van der Waals surface area contributed by atoms with E-state index < -0.39 is 0 Å². The van der Waals surface area contributed by atoms with Gasteiger partial charge in [0.05, 0.1) is 24.9 Å². The SMILES string of the molecule is CCNC(=NCc1cccc(OC2CCCCC2)c1)NCc1ccnn1C.I. The molecule has 0 atom stereocenters. The second-order valence-electron chi connectivity index (χ2n) is 7.02. The molecule has 0 bridgehead atoms. The summed E-state index contributed by atoms with van der Waals surface area (Å²) in [5.41, 5.74) is 2.27. The van der Waals surface area contributed by atoms with Gasteiger partial charge < -0.3 is 15.4 Å². The molecule has 0 spiro atoms. The molecule has 1 aromatic heterocycles. The third-order valence-electron chi connectivity index (χ3n) is 4.88. The number of aliphatic imine (C=N–C) groups is 1.